The molecule has 0 amide bonds. The number of thiazole rings is 1. The van der Waals surface area contributed by atoms with Gasteiger partial charge in [0, 0.05) is 47.3 Å². The zero-order chi connectivity index (χ0) is 22.6. The predicted molar refractivity (Wildman–Crippen MR) is 133 cm³/mol. The van der Waals surface area contributed by atoms with Crippen molar-refractivity contribution in [3.63, 3.8) is 0 Å². The average molecular weight is 458 g/mol. The van der Waals surface area contributed by atoms with Gasteiger partial charge in [0.15, 0.2) is 0 Å². The first-order valence-corrected chi connectivity index (χ1v) is 12.2. The number of H-pyrrole nitrogens is 1. The van der Waals surface area contributed by atoms with Gasteiger partial charge in [0.25, 0.3) is 0 Å². The summed E-state index contributed by atoms with van der Waals surface area (Å²) in [4.78, 5) is 22.0. The fraction of sp³-hybridized carbons (Fsp3) is 0.259. The number of nitrogens with one attached hydrogen (secondary N) is 1. The van der Waals surface area contributed by atoms with E-state index in [0.29, 0.717) is 6.04 Å². The first kappa shape index (κ1) is 21.6. The maximum Gasteiger partial charge on any atom is 0.330 e. The lowest BCUT2D eigenvalue weighted by Crippen LogP contribution is -2.29. The number of para-hydroxylation sites is 1. The molecule has 2 heterocycles. The highest BCUT2D eigenvalue weighted by atomic mass is 32.1. The quantitative estimate of drug-likeness (QED) is 0.279. The van der Waals surface area contributed by atoms with E-state index in [1.165, 1.54) is 40.8 Å². The Hall–Kier alpha value is -3.22. The highest BCUT2D eigenvalue weighted by molar-refractivity contribution is 7.09. The number of esters is 1. The molecule has 1 aliphatic carbocycles. The second-order valence-electron chi connectivity index (χ2n) is 8.38. The third kappa shape index (κ3) is 4.77. The molecule has 1 N–H and O–H groups in total. The number of hydrogen-bond acceptors (Lipinski definition) is 5. The predicted octanol–water partition coefficient (Wildman–Crippen LogP) is 5.54. The van der Waals surface area contributed by atoms with Crippen LogP contribution >= 0.6 is 11.3 Å². The number of hydrogen-bond donors (Lipinski definition) is 1. The van der Waals surface area contributed by atoms with Crippen LogP contribution in [0.1, 0.15) is 39.7 Å². The van der Waals surface area contributed by atoms with Crippen LogP contribution < -0.4 is 0 Å². The molecule has 5 rings (SSSR count). The number of aryl methyl sites for hydroxylation is 1. The number of rotatable bonds is 8. The molecule has 0 radical (unpaired) electrons. The molecule has 0 bridgehead atoms. The molecular formula is C27H27N3O2S. The first-order valence-electron chi connectivity index (χ1n) is 11.3. The van der Waals surface area contributed by atoms with Gasteiger partial charge in [0.1, 0.15) is 5.01 Å². The van der Waals surface area contributed by atoms with Crippen LogP contribution in [0.2, 0.25) is 0 Å². The van der Waals surface area contributed by atoms with E-state index in [2.05, 4.69) is 68.9 Å². The minimum absolute atomic E-state index is 0.333. The minimum Gasteiger partial charge on any atom is -0.466 e. The van der Waals surface area contributed by atoms with Crippen molar-refractivity contribution in [2.24, 2.45) is 0 Å². The summed E-state index contributed by atoms with van der Waals surface area (Å²) in [6, 6.07) is 15.4. The highest BCUT2D eigenvalue weighted by Gasteiger charge is 2.28. The Balaban J connectivity index is 1.37. The molecule has 0 saturated carbocycles. The van der Waals surface area contributed by atoms with Gasteiger partial charge in [-0.3, -0.25) is 4.90 Å². The Morgan fingerprint density at radius 2 is 2.21 bits per heavy atom. The number of nitrogens with zero attached hydrogens (tertiary/aromatic N) is 2. The Morgan fingerprint density at radius 3 is 3.06 bits per heavy atom. The van der Waals surface area contributed by atoms with Gasteiger partial charge in [-0.15, -0.1) is 11.3 Å². The molecule has 1 atom stereocenters. The van der Waals surface area contributed by atoms with Gasteiger partial charge in [-0.25, -0.2) is 9.78 Å². The molecule has 6 heteroatoms. The summed E-state index contributed by atoms with van der Waals surface area (Å²) >= 11 is 1.72. The summed E-state index contributed by atoms with van der Waals surface area (Å²) < 4.78 is 4.71. The number of ether oxygens (including phenoxy) is 1. The second kappa shape index (κ2) is 9.73. The van der Waals surface area contributed by atoms with Gasteiger partial charge in [-0.05, 0) is 53.7 Å². The second-order valence-corrected chi connectivity index (χ2v) is 9.35. The fourth-order valence-electron chi connectivity index (χ4n) is 4.78. The molecular weight excluding hydrogens is 430 g/mol. The van der Waals surface area contributed by atoms with Crippen molar-refractivity contribution in [2.45, 2.75) is 31.8 Å². The van der Waals surface area contributed by atoms with Crippen molar-refractivity contribution in [3.05, 3.63) is 93.6 Å². The zero-order valence-corrected chi connectivity index (χ0v) is 19.5. The molecule has 168 valence electrons. The van der Waals surface area contributed by atoms with Crippen LogP contribution in [0.15, 0.2) is 66.3 Å². The van der Waals surface area contributed by atoms with Gasteiger partial charge in [-0.1, -0.05) is 36.4 Å². The summed E-state index contributed by atoms with van der Waals surface area (Å²) in [7, 11) is 1.40. The smallest absolute Gasteiger partial charge is 0.330 e. The van der Waals surface area contributed by atoms with Crippen LogP contribution in [-0.4, -0.2) is 34.5 Å². The largest absolute Gasteiger partial charge is 0.466 e. The normalized spacial score (nSPS) is 15.5. The lowest BCUT2D eigenvalue weighted by atomic mass is 10.0. The SMILES string of the molecule is COC(=O)C=Cc1ccc2c(c1)CCC2N(CCc1c[nH]c2ccccc12)Cc1nccs1. The minimum atomic E-state index is -0.333. The molecule has 33 heavy (non-hydrogen) atoms. The molecule has 2 aromatic heterocycles. The van der Waals surface area contributed by atoms with Gasteiger partial charge in [0.2, 0.25) is 0 Å². The number of methoxy groups -OCH3 is 1. The Bertz CT molecular complexity index is 1280. The van der Waals surface area contributed by atoms with Crippen LogP contribution in [0.4, 0.5) is 0 Å². The molecule has 0 spiro atoms. The average Bonchev–Trinajstić information content (AvgIpc) is 3.60. The van der Waals surface area contributed by atoms with E-state index >= 15 is 0 Å². The number of carbonyl (C=O) groups is 1. The van der Waals surface area contributed by atoms with Crippen LogP contribution in [0.25, 0.3) is 17.0 Å². The zero-order valence-electron chi connectivity index (χ0n) is 18.7. The number of aromatic amines is 1. The molecule has 0 saturated heterocycles. The Labute approximate surface area is 197 Å². The number of benzene rings is 2. The molecule has 0 aliphatic heterocycles. The molecule has 4 aromatic rings. The van der Waals surface area contributed by atoms with Crippen LogP contribution in [0, 0.1) is 0 Å². The van der Waals surface area contributed by atoms with E-state index in [1.807, 2.05) is 12.3 Å². The summed E-state index contributed by atoms with van der Waals surface area (Å²) in [5.74, 6) is -0.333. The third-order valence-corrected chi connectivity index (χ3v) is 7.20. The van der Waals surface area contributed by atoms with Gasteiger partial charge >= 0.3 is 5.97 Å². The maximum atomic E-state index is 11.4. The van der Waals surface area contributed by atoms with E-state index in [4.69, 9.17) is 4.74 Å². The maximum absolute atomic E-state index is 11.4. The highest BCUT2D eigenvalue weighted by Crippen LogP contribution is 2.37. The third-order valence-electron chi connectivity index (χ3n) is 6.43. The van der Waals surface area contributed by atoms with E-state index in [0.717, 1.165) is 42.9 Å². The number of fused-ring (bicyclic) bond motifs is 2. The Kier molecular flexibility index (Phi) is 6.37. The van der Waals surface area contributed by atoms with E-state index in [-0.39, 0.29) is 5.97 Å². The topological polar surface area (TPSA) is 58.2 Å². The van der Waals surface area contributed by atoms with Crippen molar-refractivity contribution < 1.29 is 9.53 Å². The van der Waals surface area contributed by atoms with Crippen molar-refractivity contribution in [2.75, 3.05) is 13.7 Å². The Morgan fingerprint density at radius 1 is 1.30 bits per heavy atom. The van der Waals surface area contributed by atoms with E-state index < -0.39 is 0 Å². The van der Waals surface area contributed by atoms with Crippen LogP contribution in [0.3, 0.4) is 0 Å². The fourth-order valence-corrected chi connectivity index (χ4v) is 5.42. The molecule has 1 unspecified atom stereocenters. The van der Waals surface area contributed by atoms with Crippen molar-refractivity contribution >= 4 is 34.3 Å². The van der Waals surface area contributed by atoms with Crippen LogP contribution in [0.5, 0.6) is 0 Å². The lowest BCUT2D eigenvalue weighted by molar-refractivity contribution is -0.134. The van der Waals surface area contributed by atoms with Gasteiger partial charge < -0.3 is 9.72 Å². The summed E-state index contributed by atoms with van der Waals surface area (Å²) in [5, 5.41) is 4.51. The summed E-state index contributed by atoms with van der Waals surface area (Å²) in [5.41, 5.74) is 6.34. The van der Waals surface area contributed by atoms with E-state index in [1.54, 1.807) is 11.3 Å². The molecule has 2 aromatic carbocycles. The number of aromatic nitrogens is 2. The van der Waals surface area contributed by atoms with Gasteiger partial charge in [-0.2, -0.15) is 0 Å². The molecule has 0 fully saturated rings. The lowest BCUT2D eigenvalue weighted by Gasteiger charge is -2.29. The summed E-state index contributed by atoms with van der Waals surface area (Å²) in [6.07, 6.45) is 10.5. The van der Waals surface area contributed by atoms with Gasteiger partial charge in [0.05, 0.1) is 13.7 Å². The number of carbonyl (C=O) groups excluding carboxylic acids is 1. The standard InChI is InChI=1S/C27H27N3O2S/c1-32-27(31)11-7-19-6-9-23-20(16-19)8-10-25(23)30(18-26-28-13-15-33-26)14-12-21-17-29-24-5-3-2-4-22(21)24/h2-7,9,11,13,15-17,25,29H,8,10,12,14,18H2,1H3. The van der Waals surface area contributed by atoms with Crippen molar-refractivity contribution in [3.8, 4) is 0 Å². The first-order chi connectivity index (χ1) is 16.2. The molecule has 1 aliphatic rings. The van der Waals surface area contributed by atoms with Crippen molar-refractivity contribution in [1.29, 1.82) is 0 Å². The summed E-state index contributed by atoms with van der Waals surface area (Å²) in [6.45, 7) is 1.82. The van der Waals surface area contributed by atoms with Crippen LogP contribution in [-0.2, 0) is 28.9 Å². The van der Waals surface area contributed by atoms with E-state index in [9.17, 15) is 4.79 Å². The van der Waals surface area contributed by atoms with Crippen molar-refractivity contribution in [1.82, 2.24) is 14.9 Å². The monoisotopic (exact) mass is 457 g/mol. The molecule has 5 nitrogen and oxygen atoms in total.